The Hall–Kier alpha value is 0.582. The van der Waals surface area contributed by atoms with Crippen LogP contribution < -0.4 is 0 Å². The molecular formula is C14H24Cl2N2Pd. The summed E-state index contributed by atoms with van der Waals surface area (Å²) in [5.41, 5.74) is 0. The van der Waals surface area contributed by atoms with Crippen LogP contribution in [0, 0.1) is 0 Å². The molecule has 0 heterocycles. The molecule has 2 rings (SSSR count). The number of nitrogens with zero attached hydrogens (tertiary/aromatic N) is 2. The molecule has 0 atom stereocenters. The molecule has 114 valence electrons. The van der Waals surface area contributed by atoms with Gasteiger partial charge in [-0.3, -0.25) is 9.98 Å². The van der Waals surface area contributed by atoms with E-state index in [1.807, 2.05) is 12.4 Å². The van der Waals surface area contributed by atoms with Crippen molar-refractivity contribution in [2.45, 2.75) is 76.3 Å². The first-order valence-electron chi connectivity index (χ1n) is 7.24. The van der Waals surface area contributed by atoms with E-state index in [1.165, 1.54) is 64.2 Å². The van der Waals surface area contributed by atoms with Gasteiger partial charge >= 0.3 is 35.0 Å². The van der Waals surface area contributed by atoms with Crippen LogP contribution in [0.25, 0.3) is 0 Å². The predicted octanol–water partition coefficient (Wildman–Crippen LogP) is 5.17. The van der Waals surface area contributed by atoms with E-state index in [-0.39, 0.29) is 15.9 Å². The quantitative estimate of drug-likeness (QED) is 0.464. The van der Waals surface area contributed by atoms with Crippen LogP contribution in [0.5, 0.6) is 0 Å². The average Bonchev–Trinajstić information content (AvgIpc) is 2.47. The van der Waals surface area contributed by atoms with Gasteiger partial charge in [-0.2, -0.15) is 0 Å². The Morgan fingerprint density at radius 3 is 1.32 bits per heavy atom. The molecule has 0 radical (unpaired) electrons. The van der Waals surface area contributed by atoms with E-state index in [2.05, 4.69) is 9.98 Å². The maximum atomic E-state index is 4.81. The van der Waals surface area contributed by atoms with Crippen molar-refractivity contribution in [3.63, 3.8) is 0 Å². The summed E-state index contributed by atoms with van der Waals surface area (Å²) in [6, 6.07) is 1.18. The summed E-state index contributed by atoms with van der Waals surface area (Å²) < 4.78 is 0. The van der Waals surface area contributed by atoms with Crippen LogP contribution in [0.2, 0.25) is 0 Å². The van der Waals surface area contributed by atoms with Crippen LogP contribution in [0.15, 0.2) is 9.98 Å². The first-order valence-corrected chi connectivity index (χ1v) is 11.2. The molecule has 0 spiro atoms. The molecule has 19 heavy (non-hydrogen) atoms. The second kappa shape index (κ2) is 12.3. The zero-order valence-electron chi connectivity index (χ0n) is 11.3. The van der Waals surface area contributed by atoms with Gasteiger partial charge in [0.2, 0.25) is 0 Å². The zero-order chi connectivity index (χ0) is 13.8. The Bertz CT molecular complexity index is 234. The van der Waals surface area contributed by atoms with Crippen molar-refractivity contribution < 1.29 is 15.9 Å². The van der Waals surface area contributed by atoms with Gasteiger partial charge in [0.15, 0.2) is 0 Å². The molecule has 0 aromatic heterocycles. The van der Waals surface area contributed by atoms with E-state index in [0.29, 0.717) is 12.1 Å². The first kappa shape index (κ1) is 17.6. The van der Waals surface area contributed by atoms with Gasteiger partial charge in [-0.1, -0.05) is 38.5 Å². The molecule has 2 aliphatic carbocycles. The zero-order valence-corrected chi connectivity index (χ0v) is 14.4. The fourth-order valence-electron chi connectivity index (χ4n) is 2.78. The summed E-state index contributed by atoms with van der Waals surface area (Å²) >= 11 is -0.106. The molecule has 0 amide bonds. The van der Waals surface area contributed by atoms with Crippen LogP contribution in [0.1, 0.15) is 64.2 Å². The van der Waals surface area contributed by atoms with Crippen molar-refractivity contribution in [3.05, 3.63) is 0 Å². The fraction of sp³-hybridized carbons (Fsp3) is 0.857. The second-order valence-electron chi connectivity index (χ2n) is 5.23. The molecule has 0 aromatic rings. The average molecular weight is 398 g/mol. The third-order valence-corrected chi connectivity index (χ3v) is 3.81. The van der Waals surface area contributed by atoms with Crippen LogP contribution in [-0.2, 0) is 15.9 Å². The third-order valence-electron chi connectivity index (χ3n) is 3.81. The van der Waals surface area contributed by atoms with E-state index >= 15 is 0 Å². The minimum atomic E-state index is -0.106. The molecule has 0 aliphatic heterocycles. The molecule has 2 nitrogen and oxygen atoms in total. The van der Waals surface area contributed by atoms with Gasteiger partial charge in [-0.15, -0.1) is 0 Å². The Balaban J connectivity index is 0.000000550. The van der Waals surface area contributed by atoms with Crippen LogP contribution in [-0.4, -0.2) is 24.5 Å². The van der Waals surface area contributed by atoms with E-state index in [1.54, 1.807) is 0 Å². The van der Waals surface area contributed by atoms with Gasteiger partial charge < -0.3 is 0 Å². The van der Waals surface area contributed by atoms with Crippen LogP contribution in [0.4, 0.5) is 0 Å². The molecule has 2 aliphatic rings. The summed E-state index contributed by atoms with van der Waals surface area (Å²) in [6.07, 6.45) is 17.3. The van der Waals surface area contributed by atoms with Crippen LogP contribution >= 0.6 is 19.1 Å². The minimum absolute atomic E-state index is 0.106. The topological polar surface area (TPSA) is 24.7 Å². The predicted molar refractivity (Wildman–Crippen MR) is 82.4 cm³/mol. The summed E-state index contributed by atoms with van der Waals surface area (Å²) in [5, 5.41) is 0. The van der Waals surface area contributed by atoms with Crippen molar-refractivity contribution in [2.24, 2.45) is 9.98 Å². The molecule has 2 fully saturated rings. The van der Waals surface area contributed by atoms with Gasteiger partial charge in [0.05, 0.1) is 0 Å². The Morgan fingerprint density at radius 1 is 0.684 bits per heavy atom. The molecule has 0 N–H and O–H groups in total. The van der Waals surface area contributed by atoms with Crippen molar-refractivity contribution >= 4 is 31.5 Å². The molecular weight excluding hydrogens is 373 g/mol. The summed E-state index contributed by atoms with van der Waals surface area (Å²) in [7, 11) is 9.63. The van der Waals surface area contributed by atoms with Gasteiger partial charge in [-0.05, 0) is 25.7 Å². The first-order chi connectivity index (χ1) is 9.36. The summed E-state index contributed by atoms with van der Waals surface area (Å²) in [6.45, 7) is 0. The van der Waals surface area contributed by atoms with Crippen LogP contribution in [0.3, 0.4) is 0 Å². The van der Waals surface area contributed by atoms with Crippen molar-refractivity contribution in [2.75, 3.05) is 0 Å². The van der Waals surface area contributed by atoms with Crippen molar-refractivity contribution in [1.29, 1.82) is 0 Å². The maximum absolute atomic E-state index is 4.81. The molecule has 0 saturated heterocycles. The third kappa shape index (κ3) is 9.19. The number of rotatable bonds is 3. The standard InChI is InChI=1S/C14H24N2.2ClH.Pd/c1-3-7-13(8-4-1)15-11-12-16-14-9-5-2-6-10-14;;;/h11-14H,1-10H2;2*1H;/q;;;+2/p-2. The van der Waals surface area contributed by atoms with Crippen molar-refractivity contribution in [3.8, 4) is 0 Å². The van der Waals surface area contributed by atoms with E-state index in [9.17, 15) is 0 Å². The van der Waals surface area contributed by atoms with E-state index in [0.717, 1.165) is 0 Å². The van der Waals surface area contributed by atoms with Gasteiger partial charge in [0, 0.05) is 24.5 Å². The summed E-state index contributed by atoms with van der Waals surface area (Å²) in [5.74, 6) is 0. The van der Waals surface area contributed by atoms with Gasteiger partial charge in [0.25, 0.3) is 0 Å². The Labute approximate surface area is 133 Å². The number of hydrogen-bond acceptors (Lipinski definition) is 2. The molecule has 5 heteroatoms. The molecule has 0 aromatic carbocycles. The summed E-state index contributed by atoms with van der Waals surface area (Å²) in [4.78, 5) is 9.19. The second-order valence-corrected chi connectivity index (χ2v) is 7.59. The normalized spacial score (nSPS) is 22.8. The molecule has 0 unspecified atom stereocenters. The van der Waals surface area contributed by atoms with Gasteiger partial charge in [-0.25, -0.2) is 0 Å². The van der Waals surface area contributed by atoms with Crippen molar-refractivity contribution in [1.82, 2.24) is 0 Å². The Kier molecular flexibility index (Phi) is 11.4. The Morgan fingerprint density at radius 2 is 1.00 bits per heavy atom. The number of halogens is 2. The molecule has 2 saturated carbocycles. The molecule has 0 bridgehead atoms. The number of aliphatic imine (C=N–C) groups is 2. The van der Waals surface area contributed by atoms with Gasteiger partial charge in [0.1, 0.15) is 0 Å². The fourth-order valence-corrected chi connectivity index (χ4v) is 2.78. The SMILES string of the molecule is C(C=NC1CCCCC1)=NC1CCCCC1.[Cl][Pd][Cl]. The number of hydrogen-bond donors (Lipinski definition) is 0. The van der Waals surface area contributed by atoms with E-state index < -0.39 is 0 Å². The van der Waals surface area contributed by atoms with E-state index in [4.69, 9.17) is 19.1 Å². The monoisotopic (exact) mass is 396 g/mol.